The van der Waals surface area contributed by atoms with Crippen molar-refractivity contribution in [3.63, 3.8) is 0 Å². The van der Waals surface area contributed by atoms with Crippen molar-refractivity contribution in [2.45, 2.75) is 30.1 Å². The number of piperazine rings is 1. The maximum absolute atomic E-state index is 13.1. The van der Waals surface area contributed by atoms with Gasteiger partial charge in [0.05, 0.1) is 12.2 Å². The first-order valence-electron chi connectivity index (χ1n) is 10.0. The summed E-state index contributed by atoms with van der Waals surface area (Å²) in [4.78, 5) is 18.8. The highest BCUT2D eigenvalue weighted by Crippen LogP contribution is 2.33. The van der Waals surface area contributed by atoms with E-state index < -0.39 is 10.0 Å². The minimum atomic E-state index is -3.64. The van der Waals surface area contributed by atoms with Gasteiger partial charge in [-0.2, -0.15) is 4.31 Å². The molecule has 2 aromatic heterocycles. The molecule has 1 fully saturated rings. The van der Waals surface area contributed by atoms with Crippen LogP contribution >= 0.6 is 22.9 Å². The molecule has 3 aromatic rings. The second kappa shape index (κ2) is 7.86. The molecular weight excluding hydrogens is 460 g/mol. The van der Waals surface area contributed by atoms with E-state index in [9.17, 15) is 13.2 Å². The highest BCUT2D eigenvalue weighted by Gasteiger charge is 2.33. The van der Waals surface area contributed by atoms with Crippen LogP contribution in [0.5, 0.6) is 0 Å². The van der Waals surface area contributed by atoms with Gasteiger partial charge in [-0.1, -0.05) is 17.7 Å². The van der Waals surface area contributed by atoms with Gasteiger partial charge in [0.15, 0.2) is 0 Å². The fourth-order valence-corrected chi connectivity index (χ4v) is 7.15. The number of carbonyl (C=O) groups excluding carboxylic acids is 1. The molecule has 1 N–H and O–H groups in total. The number of nitrogens with zero attached hydrogens (tertiary/aromatic N) is 3. The predicted molar refractivity (Wildman–Crippen MR) is 118 cm³/mol. The van der Waals surface area contributed by atoms with Crippen LogP contribution in [0.2, 0.25) is 5.02 Å². The quantitative estimate of drug-likeness (QED) is 0.619. The van der Waals surface area contributed by atoms with Gasteiger partial charge in [-0.15, -0.1) is 11.3 Å². The zero-order valence-corrected chi connectivity index (χ0v) is 19.2. The molecule has 0 spiro atoms. The van der Waals surface area contributed by atoms with E-state index in [4.69, 9.17) is 16.0 Å². The summed E-state index contributed by atoms with van der Waals surface area (Å²) in [6.07, 6.45) is 0.721. The zero-order valence-electron chi connectivity index (χ0n) is 16.8. The lowest BCUT2D eigenvalue weighted by atomic mass is 10.1. The maximum Gasteiger partial charge on any atom is 0.309 e. The topological polar surface area (TPSA) is 95.8 Å². The van der Waals surface area contributed by atoms with E-state index in [-0.39, 0.29) is 42.2 Å². The summed E-state index contributed by atoms with van der Waals surface area (Å²) in [5.41, 5.74) is 0.820. The highest BCUT2D eigenvalue weighted by molar-refractivity contribution is 7.91. The van der Waals surface area contributed by atoms with Gasteiger partial charge in [0.25, 0.3) is 15.9 Å². The number of carbonyl (C=O) groups is 1. The molecule has 31 heavy (non-hydrogen) atoms. The second-order valence-corrected chi connectivity index (χ2v) is 11.5. The molecule has 1 unspecified atom stereocenters. The highest BCUT2D eigenvalue weighted by atomic mass is 35.5. The van der Waals surface area contributed by atoms with Crippen LogP contribution in [-0.4, -0.2) is 60.7 Å². The summed E-state index contributed by atoms with van der Waals surface area (Å²) < 4.78 is 34.4. The Morgan fingerprint density at radius 2 is 2.03 bits per heavy atom. The fourth-order valence-electron chi connectivity index (χ4n) is 3.90. The third-order valence-electron chi connectivity index (χ3n) is 5.65. The fraction of sp³-hybridized carbons (Fsp3) is 0.400. The van der Waals surface area contributed by atoms with Gasteiger partial charge in [-0.3, -0.25) is 4.79 Å². The van der Waals surface area contributed by atoms with Gasteiger partial charge < -0.3 is 14.6 Å². The lowest BCUT2D eigenvalue weighted by Gasteiger charge is -2.32. The summed E-state index contributed by atoms with van der Waals surface area (Å²) in [5.74, 6) is 0.488. The molecular formula is C20H21ClN4O4S2. The number of sulfonamides is 1. The number of rotatable bonds is 3. The smallest absolute Gasteiger partial charge is 0.309 e. The Balaban J connectivity index is 1.28. The number of nitrogens with one attached hydrogen (secondary N) is 1. The monoisotopic (exact) mass is 480 g/mol. The van der Waals surface area contributed by atoms with Crippen molar-refractivity contribution < 1.29 is 17.6 Å². The minimum absolute atomic E-state index is 0.0820. The van der Waals surface area contributed by atoms with Crippen molar-refractivity contribution in [1.82, 2.24) is 19.5 Å². The third kappa shape index (κ3) is 3.87. The molecule has 0 aliphatic carbocycles. The van der Waals surface area contributed by atoms with Crippen molar-refractivity contribution in [2.24, 2.45) is 0 Å². The Labute approximate surface area is 188 Å². The normalized spacial score (nSPS) is 20.2. The Bertz CT molecular complexity index is 1260. The summed E-state index contributed by atoms with van der Waals surface area (Å²) >= 11 is 7.23. The first-order valence-corrected chi connectivity index (χ1v) is 12.7. The maximum atomic E-state index is 13.1. The standard InChI is InChI=1S/C20H21ClN4O4S2/c1-12-8-15-16(11-22-12)29-19(23-15)20(26)24-4-6-25(7-5-24)31(27,28)18-9-13-2-3-14(21)10-17(13)30-18/h2-3,9-10,12,22H,4-8,11H2,1H3. The molecule has 1 saturated heterocycles. The van der Waals surface area contributed by atoms with Crippen molar-refractivity contribution >= 4 is 49.0 Å². The number of fused-ring (bicyclic) bond motifs is 2. The van der Waals surface area contributed by atoms with Crippen molar-refractivity contribution in [1.29, 1.82) is 0 Å². The molecule has 8 nitrogen and oxygen atoms in total. The van der Waals surface area contributed by atoms with Gasteiger partial charge in [0, 0.05) is 48.4 Å². The van der Waals surface area contributed by atoms with Crippen LogP contribution in [0.1, 0.15) is 29.1 Å². The molecule has 0 bridgehead atoms. The van der Waals surface area contributed by atoms with E-state index in [1.54, 1.807) is 23.1 Å². The number of hydrogen-bond acceptors (Lipinski definition) is 7. The Morgan fingerprint density at radius 3 is 2.81 bits per heavy atom. The predicted octanol–water partition coefficient (Wildman–Crippen LogP) is 2.72. The van der Waals surface area contributed by atoms with Crippen LogP contribution in [-0.2, 0) is 23.0 Å². The molecule has 0 saturated carbocycles. The van der Waals surface area contributed by atoms with Crippen molar-refractivity contribution in [2.75, 3.05) is 26.2 Å². The average molecular weight is 481 g/mol. The number of oxazole rings is 1. The van der Waals surface area contributed by atoms with E-state index >= 15 is 0 Å². The van der Waals surface area contributed by atoms with Gasteiger partial charge in [-0.25, -0.2) is 13.4 Å². The van der Waals surface area contributed by atoms with Crippen molar-refractivity contribution in [3.05, 3.63) is 46.6 Å². The Hall–Kier alpha value is -1.98. The van der Waals surface area contributed by atoms with E-state index in [0.717, 1.165) is 22.2 Å². The van der Waals surface area contributed by atoms with Gasteiger partial charge in [0.2, 0.25) is 0 Å². The van der Waals surface area contributed by atoms with Crippen LogP contribution in [0.15, 0.2) is 32.9 Å². The minimum Gasteiger partial charge on any atom is -0.436 e. The van der Waals surface area contributed by atoms with Crippen LogP contribution in [0.4, 0.5) is 0 Å². The van der Waals surface area contributed by atoms with Crippen LogP contribution in [0.25, 0.3) is 10.1 Å². The molecule has 1 atom stereocenters. The summed E-state index contributed by atoms with van der Waals surface area (Å²) in [6, 6.07) is 7.29. The summed E-state index contributed by atoms with van der Waals surface area (Å²) in [5, 5.41) is 4.70. The third-order valence-corrected chi connectivity index (χ3v) is 9.33. The molecule has 1 aromatic carbocycles. The van der Waals surface area contributed by atoms with E-state index in [1.807, 2.05) is 6.07 Å². The van der Waals surface area contributed by atoms with Crippen LogP contribution in [0, 0.1) is 0 Å². The molecule has 2 aliphatic rings. The molecule has 0 radical (unpaired) electrons. The second-order valence-electron chi connectivity index (χ2n) is 7.82. The summed E-state index contributed by atoms with van der Waals surface area (Å²) in [7, 11) is -3.64. The van der Waals surface area contributed by atoms with Crippen LogP contribution < -0.4 is 5.32 Å². The summed E-state index contributed by atoms with van der Waals surface area (Å²) in [6.45, 7) is 3.64. The average Bonchev–Trinajstić information content (AvgIpc) is 3.37. The zero-order chi connectivity index (χ0) is 21.8. The van der Waals surface area contributed by atoms with Gasteiger partial charge in [0.1, 0.15) is 9.97 Å². The lowest BCUT2D eigenvalue weighted by Crippen LogP contribution is -2.50. The number of thiophene rings is 1. The van der Waals surface area contributed by atoms with Gasteiger partial charge >= 0.3 is 5.91 Å². The van der Waals surface area contributed by atoms with Crippen LogP contribution in [0.3, 0.4) is 0 Å². The largest absolute Gasteiger partial charge is 0.436 e. The first-order chi connectivity index (χ1) is 14.8. The Kier molecular flexibility index (Phi) is 5.30. The molecule has 11 heteroatoms. The lowest BCUT2D eigenvalue weighted by molar-refractivity contribution is 0.0656. The molecule has 164 valence electrons. The van der Waals surface area contributed by atoms with E-state index in [0.29, 0.717) is 23.4 Å². The number of halogens is 1. The number of hydrogen-bond donors (Lipinski definition) is 1. The SMILES string of the molecule is CC1Cc2nc(C(=O)N3CCN(S(=O)(=O)c4cc5ccc(Cl)cc5s4)CC3)oc2CN1. The molecule has 5 rings (SSSR count). The Morgan fingerprint density at radius 1 is 1.26 bits per heavy atom. The first kappa shape index (κ1) is 20.9. The van der Waals surface area contributed by atoms with Gasteiger partial charge in [-0.05, 0) is 30.5 Å². The van der Waals surface area contributed by atoms with E-state index in [2.05, 4.69) is 17.2 Å². The number of amides is 1. The molecule has 4 heterocycles. The number of benzene rings is 1. The van der Waals surface area contributed by atoms with Crippen molar-refractivity contribution in [3.8, 4) is 0 Å². The van der Waals surface area contributed by atoms with E-state index in [1.165, 1.54) is 15.6 Å². The molecule has 2 aliphatic heterocycles. The molecule has 1 amide bonds. The number of aromatic nitrogens is 1.